The van der Waals surface area contributed by atoms with Gasteiger partial charge in [0.05, 0.1) is 13.2 Å². The van der Waals surface area contributed by atoms with Crippen LogP contribution < -0.4 is 10.1 Å². The van der Waals surface area contributed by atoms with E-state index in [2.05, 4.69) is 5.32 Å². The standard InChI is InChI=1S/C18H26N2O4/c1-18(2,3)24-17(22)19-15-11-20(4)16(21)10-14(15)12-6-8-13(23-5)9-7-12/h6-9,14-15H,10-11H2,1-5H3,(H,19,22). The van der Waals surface area contributed by atoms with Gasteiger partial charge in [0.1, 0.15) is 11.4 Å². The Morgan fingerprint density at radius 3 is 2.42 bits per heavy atom. The summed E-state index contributed by atoms with van der Waals surface area (Å²) in [5.74, 6) is 0.736. The molecule has 0 bridgehead atoms. The van der Waals surface area contributed by atoms with Gasteiger partial charge in [0.15, 0.2) is 0 Å². The zero-order valence-electron chi connectivity index (χ0n) is 15.0. The van der Waals surface area contributed by atoms with Crippen LogP contribution in [0.15, 0.2) is 24.3 Å². The zero-order valence-corrected chi connectivity index (χ0v) is 15.0. The van der Waals surface area contributed by atoms with E-state index in [1.807, 2.05) is 45.0 Å². The molecule has 1 saturated heterocycles. The minimum absolute atomic E-state index is 0.0676. The Morgan fingerprint density at radius 1 is 1.25 bits per heavy atom. The average Bonchev–Trinajstić information content (AvgIpc) is 2.49. The van der Waals surface area contributed by atoms with Gasteiger partial charge in [-0.1, -0.05) is 12.1 Å². The van der Waals surface area contributed by atoms with E-state index in [4.69, 9.17) is 9.47 Å². The lowest BCUT2D eigenvalue weighted by Crippen LogP contribution is -2.53. The number of nitrogens with one attached hydrogen (secondary N) is 1. The lowest BCUT2D eigenvalue weighted by Gasteiger charge is -2.37. The summed E-state index contributed by atoms with van der Waals surface area (Å²) < 4.78 is 10.5. The molecule has 0 saturated carbocycles. The first kappa shape index (κ1) is 18.1. The number of carbonyl (C=O) groups excluding carboxylic acids is 2. The summed E-state index contributed by atoms with van der Waals surface area (Å²) in [6.45, 7) is 5.92. The van der Waals surface area contributed by atoms with Crippen molar-refractivity contribution < 1.29 is 19.1 Å². The molecule has 0 radical (unpaired) electrons. The van der Waals surface area contributed by atoms with Crippen molar-refractivity contribution in [2.45, 2.75) is 44.8 Å². The Balaban J connectivity index is 2.17. The average molecular weight is 334 g/mol. The van der Waals surface area contributed by atoms with Gasteiger partial charge in [-0.25, -0.2) is 4.79 Å². The SMILES string of the molecule is COc1ccc(C2CC(=O)N(C)CC2NC(=O)OC(C)(C)C)cc1. The monoisotopic (exact) mass is 334 g/mol. The van der Waals surface area contributed by atoms with Crippen molar-refractivity contribution in [2.75, 3.05) is 20.7 Å². The van der Waals surface area contributed by atoms with Gasteiger partial charge >= 0.3 is 6.09 Å². The van der Waals surface area contributed by atoms with Crippen molar-refractivity contribution in [2.24, 2.45) is 0 Å². The van der Waals surface area contributed by atoms with Crippen LogP contribution in [0.25, 0.3) is 0 Å². The van der Waals surface area contributed by atoms with Crippen molar-refractivity contribution in [1.29, 1.82) is 0 Å². The summed E-state index contributed by atoms with van der Waals surface area (Å²) in [4.78, 5) is 25.9. The fourth-order valence-electron chi connectivity index (χ4n) is 2.82. The van der Waals surface area contributed by atoms with Crippen molar-refractivity contribution >= 4 is 12.0 Å². The van der Waals surface area contributed by atoms with Gasteiger partial charge in [-0.3, -0.25) is 4.79 Å². The summed E-state index contributed by atoms with van der Waals surface area (Å²) in [5.41, 5.74) is 0.439. The molecule has 1 heterocycles. The maximum absolute atomic E-state index is 12.1. The predicted molar refractivity (Wildman–Crippen MR) is 91.1 cm³/mol. The van der Waals surface area contributed by atoms with Gasteiger partial charge in [-0.15, -0.1) is 0 Å². The third kappa shape index (κ3) is 4.63. The van der Waals surface area contributed by atoms with Gasteiger partial charge in [-0.05, 0) is 38.5 Å². The predicted octanol–water partition coefficient (Wildman–Crippen LogP) is 2.53. The van der Waals surface area contributed by atoms with E-state index in [1.54, 1.807) is 19.1 Å². The number of likely N-dealkylation sites (N-methyl/N-ethyl adjacent to an activating group) is 1. The molecule has 1 N–H and O–H groups in total. The van der Waals surface area contributed by atoms with Gasteiger partial charge < -0.3 is 19.7 Å². The molecule has 2 rings (SSSR count). The first-order valence-electron chi connectivity index (χ1n) is 8.07. The van der Waals surface area contributed by atoms with E-state index in [9.17, 15) is 9.59 Å². The summed E-state index contributed by atoms with van der Waals surface area (Å²) >= 11 is 0. The van der Waals surface area contributed by atoms with Crippen LogP contribution in [0.2, 0.25) is 0 Å². The number of alkyl carbamates (subject to hydrolysis) is 1. The van der Waals surface area contributed by atoms with Gasteiger partial charge in [0, 0.05) is 25.9 Å². The second-order valence-corrected chi connectivity index (χ2v) is 7.11. The smallest absolute Gasteiger partial charge is 0.407 e. The van der Waals surface area contributed by atoms with Crippen LogP contribution >= 0.6 is 0 Å². The highest BCUT2D eigenvalue weighted by Gasteiger charge is 2.35. The molecule has 24 heavy (non-hydrogen) atoms. The topological polar surface area (TPSA) is 67.9 Å². The number of amides is 2. The van der Waals surface area contributed by atoms with Crippen molar-refractivity contribution in [3.05, 3.63) is 29.8 Å². The molecule has 1 aromatic carbocycles. The van der Waals surface area contributed by atoms with E-state index in [0.717, 1.165) is 11.3 Å². The Kier molecular flexibility index (Phi) is 5.36. The normalized spacial score (nSPS) is 21.4. The summed E-state index contributed by atoms with van der Waals surface area (Å²) in [6, 6.07) is 7.40. The van der Waals surface area contributed by atoms with E-state index < -0.39 is 11.7 Å². The molecule has 6 heteroatoms. The number of carbonyl (C=O) groups is 2. The third-order valence-corrected chi connectivity index (χ3v) is 4.02. The molecule has 1 fully saturated rings. The number of nitrogens with zero attached hydrogens (tertiary/aromatic N) is 1. The molecule has 0 spiro atoms. The van der Waals surface area contributed by atoms with Gasteiger partial charge in [0.2, 0.25) is 5.91 Å². The highest BCUT2D eigenvalue weighted by Crippen LogP contribution is 2.30. The van der Waals surface area contributed by atoms with Crippen LogP contribution in [-0.4, -0.2) is 49.2 Å². The first-order valence-corrected chi connectivity index (χ1v) is 8.07. The second-order valence-electron chi connectivity index (χ2n) is 7.11. The Morgan fingerprint density at radius 2 is 1.88 bits per heavy atom. The quantitative estimate of drug-likeness (QED) is 0.922. The van der Waals surface area contributed by atoms with Gasteiger partial charge in [-0.2, -0.15) is 0 Å². The maximum atomic E-state index is 12.1. The van der Waals surface area contributed by atoms with Crippen molar-refractivity contribution in [3.63, 3.8) is 0 Å². The minimum atomic E-state index is -0.559. The lowest BCUT2D eigenvalue weighted by atomic mass is 9.85. The van der Waals surface area contributed by atoms with Crippen molar-refractivity contribution in [3.8, 4) is 5.75 Å². The molecule has 2 atom stereocenters. The van der Waals surface area contributed by atoms with E-state index >= 15 is 0 Å². The number of rotatable bonds is 3. The number of piperidine rings is 1. The number of likely N-dealkylation sites (tertiary alicyclic amines) is 1. The zero-order chi connectivity index (χ0) is 17.9. The van der Waals surface area contributed by atoms with Crippen LogP contribution in [0.5, 0.6) is 5.75 Å². The highest BCUT2D eigenvalue weighted by molar-refractivity contribution is 5.79. The van der Waals surface area contributed by atoms with E-state index in [1.165, 1.54) is 0 Å². The maximum Gasteiger partial charge on any atom is 0.407 e. The second kappa shape index (κ2) is 7.11. The summed E-state index contributed by atoms with van der Waals surface area (Å²) in [5, 5.41) is 2.92. The largest absolute Gasteiger partial charge is 0.497 e. The minimum Gasteiger partial charge on any atom is -0.497 e. The van der Waals surface area contributed by atoms with Crippen LogP contribution in [0, 0.1) is 0 Å². The Labute approximate surface area is 143 Å². The van der Waals surface area contributed by atoms with E-state index in [-0.39, 0.29) is 17.9 Å². The number of hydrogen-bond acceptors (Lipinski definition) is 4. The van der Waals surface area contributed by atoms with Crippen LogP contribution in [-0.2, 0) is 9.53 Å². The summed E-state index contributed by atoms with van der Waals surface area (Å²) in [6.07, 6.45) is -0.114. The molecular formula is C18H26N2O4. The van der Waals surface area contributed by atoms with E-state index in [0.29, 0.717) is 13.0 Å². The molecular weight excluding hydrogens is 308 g/mol. The van der Waals surface area contributed by atoms with Crippen LogP contribution in [0.1, 0.15) is 38.7 Å². The fraction of sp³-hybridized carbons (Fsp3) is 0.556. The van der Waals surface area contributed by atoms with Crippen LogP contribution in [0.3, 0.4) is 0 Å². The Bertz CT molecular complexity index is 592. The first-order chi connectivity index (χ1) is 11.2. The summed E-state index contributed by atoms with van der Waals surface area (Å²) in [7, 11) is 3.36. The highest BCUT2D eigenvalue weighted by atomic mass is 16.6. The number of benzene rings is 1. The third-order valence-electron chi connectivity index (χ3n) is 4.02. The molecule has 2 unspecified atom stereocenters. The fourth-order valence-corrected chi connectivity index (χ4v) is 2.82. The molecule has 1 aliphatic heterocycles. The lowest BCUT2D eigenvalue weighted by molar-refractivity contribution is -0.133. The molecule has 132 valence electrons. The van der Waals surface area contributed by atoms with Crippen molar-refractivity contribution in [1.82, 2.24) is 10.2 Å². The number of hydrogen-bond donors (Lipinski definition) is 1. The number of methoxy groups -OCH3 is 1. The number of ether oxygens (including phenoxy) is 2. The van der Waals surface area contributed by atoms with Crippen LogP contribution in [0.4, 0.5) is 4.79 Å². The molecule has 0 aromatic heterocycles. The molecule has 1 aromatic rings. The Hall–Kier alpha value is -2.24. The molecule has 1 aliphatic rings. The van der Waals surface area contributed by atoms with Gasteiger partial charge in [0.25, 0.3) is 0 Å². The molecule has 2 amide bonds. The molecule has 6 nitrogen and oxygen atoms in total. The molecule has 0 aliphatic carbocycles.